The molecule has 0 saturated heterocycles. The Morgan fingerprint density at radius 1 is 1.19 bits per heavy atom. The molecule has 13 heteroatoms. The van der Waals surface area contributed by atoms with Gasteiger partial charge in [-0.15, -0.1) is 0 Å². The maximum Gasteiger partial charge on any atom is 0.428 e. The van der Waals surface area contributed by atoms with Gasteiger partial charge in [0, 0.05) is 12.1 Å². The van der Waals surface area contributed by atoms with E-state index in [1.165, 1.54) is 30.3 Å². The molecule has 0 fully saturated rings. The molecule has 0 aliphatic heterocycles. The number of hydrogen-bond acceptors (Lipinski definition) is 8. The summed E-state index contributed by atoms with van der Waals surface area (Å²) in [6.07, 6.45) is 1.00. The smallest absolute Gasteiger partial charge is 0.428 e. The van der Waals surface area contributed by atoms with Crippen molar-refractivity contribution in [3.8, 4) is 0 Å². The van der Waals surface area contributed by atoms with E-state index in [2.05, 4.69) is 0 Å². The fourth-order valence-corrected chi connectivity index (χ4v) is 5.84. The standard InChI is InChI=1S/C23H22ClFN2O8S/c1-2-34-22(28)18-5-3-4-6-21(18)36(32,33)26(20-12-9-16(25)13-19(20)24)23(29)35-14-15-7-10-17(11-8-15)27(30)31/h5,7-13,21H,2-4,6,14H2,1H3. The molecule has 2 aromatic rings. The van der Waals surface area contributed by atoms with E-state index in [-0.39, 0.29) is 35.0 Å². The number of esters is 1. The average molecular weight is 541 g/mol. The molecular weight excluding hydrogens is 519 g/mol. The summed E-state index contributed by atoms with van der Waals surface area (Å²) in [5.41, 5.74) is -0.306. The van der Waals surface area contributed by atoms with Gasteiger partial charge >= 0.3 is 12.1 Å². The van der Waals surface area contributed by atoms with Gasteiger partial charge in [-0.1, -0.05) is 17.7 Å². The molecule has 1 amide bonds. The summed E-state index contributed by atoms with van der Waals surface area (Å²) in [6, 6.07) is 7.87. The van der Waals surface area contributed by atoms with Crippen LogP contribution in [-0.2, 0) is 30.9 Å². The van der Waals surface area contributed by atoms with Crippen LogP contribution in [0.15, 0.2) is 54.1 Å². The minimum Gasteiger partial charge on any atom is -0.463 e. The highest BCUT2D eigenvalue weighted by molar-refractivity contribution is 7.94. The quantitative estimate of drug-likeness (QED) is 0.262. The number of ether oxygens (including phenoxy) is 2. The molecule has 192 valence electrons. The monoisotopic (exact) mass is 540 g/mol. The van der Waals surface area contributed by atoms with Gasteiger partial charge in [-0.3, -0.25) is 10.1 Å². The minimum atomic E-state index is -4.65. The Morgan fingerprint density at radius 2 is 1.89 bits per heavy atom. The highest BCUT2D eigenvalue weighted by atomic mass is 35.5. The summed E-state index contributed by atoms with van der Waals surface area (Å²) < 4.78 is 51.7. The molecule has 1 aliphatic rings. The van der Waals surface area contributed by atoms with Crippen molar-refractivity contribution in [2.75, 3.05) is 10.9 Å². The molecule has 0 aromatic heterocycles. The second-order valence-electron chi connectivity index (χ2n) is 7.68. The van der Waals surface area contributed by atoms with E-state index in [1.54, 1.807) is 6.92 Å². The van der Waals surface area contributed by atoms with Gasteiger partial charge in [-0.25, -0.2) is 22.4 Å². The molecule has 0 spiro atoms. The SMILES string of the molecule is CCOC(=O)C1=CCCCC1S(=O)(=O)N(C(=O)OCc1ccc([N+](=O)[O-])cc1)c1ccc(F)cc1Cl. The Morgan fingerprint density at radius 3 is 2.50 bits per heavy atom. The lowest BCUT2D eigenvalue weighted by Gasteiger charge is -2.30. The van der Waals surface area contributed by atoms with E-state index in [0.29, 0.717) is 22.7 Å². The number of hydrogen-bond donors (Lipinski definition) is 0. The number of rotatable bonds is 8. The van der Waals surface area contributed by atoms with Crippen LogP contribution in [-0.4, -0.2) is 37.3 Å². The molecule has 0 saturated carbocycles. The van der Waals surface area contributed by atoms with E-state index >= 15 is 0 Å². The average Bonchev–Trinajstić information content (AvgIpc) is 2.84. The first kappa shape index (κ1) is 27.1. The van der Waals surface area contributed by atoms with Crippen LogP contribution in [0.25, 0.3) is 0 Å². The molecule has 2 aromatic carbocycles. The van der Waals surface area contributed by atoms with Crippen molar-refractivity contribution in [3.63, 3.8) is 0 Å². The molecular formula is C23H22ClFN2O8S. The van der Waals surface area contributed by atoms with Crippen molar-refractivity contribution >= 4 is 45.1 Å². The van der Waals surface area contributed by atoms with Crippen molar-refractivity contribution in [2.24, 2.45) is 0 Å². The molecule has 1 unspecified atom stereocenters. The van der Waals surface area contributed by atoms with E-state index < -0.39 is 44.7 Å². The van der Waals surface area contributed by atoms with Crippen LogP contribution < -0.4 is 4.31 Å². The Balaban J connectivity index is 1.98. The van der Waals surface area contributed by atoms with E-state index in [1.807, 2.05) is 0 Å². The number of anilines is 1. The number of nitro benzene ring substituents is 1. The molecule has 3 rings (SSSR count). The predicted molar refractivity (Wildman–Crippen MR) is 128 cm³/mol. The number of halogens is 2. The lowest BCUT2D eigenvalue weighted by Crippen LogP contribution is -2.45. The predicted octanol–water partition coefficient (Wildman–Crippen LogP) is 4.90. The molecule has 0 N–H and O–H groups in total. The summed E-state index contributed by atoms with van der Waals surface area (Å²) in [4.78, 5) is 35.8. The number of non-ortho nitro benzene ring substituents is 1. The van der Waals surface area contributed by atoms with Crippen molar-refractivity contribution < 1.29 is 36.8 Å². The van der Waals surface area contributed by atoms with Crippen LogP contribution in [0, 0.1) is 15.9 Å². The number of benzene rings is 2. The molecule has 0 heterocycles. The van der Waals surface area contributed by atoms with Gasteiger partial charge in [0.2, 0.25) is 0 Å². The Bertz CT molecular complexity index is 1300. The highest BCUT2D eigenvalue weighted by Gasteiger charge is 2.43. The van der Waals surface area contributed by atoms with Crippen molar-refractivity contribution in [1.29, 1.82) is 0 Å². The maximum atomic E-state index is 13.8. The van der Waals surface area contributed by atoms with Crippen LogP contribution in [0.4, 0.5) is 20.6 Å². The number of amides is 1. The third-order valence-corrected chi connectivity index (χ3v) is 7.68. The van der Waals surface area contributed by atoms with Gasteiger partial charge in [0.25, 0.3) is 15.7 Å². The summed E-state index contributed by atoms with van der Waals surface area (Å²) in [7, 11) is -4.65. The van der Waals surface area contributed by atoms with Gasteiger partial charge in [0.05, 0.1) is 27.8 Å². The van der Waals surface area contributed by atoms with Crippen molar-refractivity contribution in [2.45, 2.75) is 38.0 Å². The summed E-state index contributed by atoms with van der Waals surface area (Å²) in [6.45, 7) is 1.17. The fraction of sp³-hybridized carbons (Fsp3) is 0.304. The molecule has 0 radical (unpaired) electrons. The Hall–Kier alpha value is -3.51. The van der Waals surface area contributed by atoms with Gasteiger partial charge in [-0.05, 0) is 62.1 Å². The topological polar surface area (TPSA) is 133 Å². The third kappa shape index (κ3) is 6.00. The highest BCUT2D eigenvalue weighted by Crippen LogP contribution is 2.35. The zero-order valence-corrected chi connectivity index (χ0v) is 20.6. The van der Waals surface area contributed by atoms with Gasteiger partial charge < -0.3 is 9.47 Å². The third-order valence-electron chi connectivity index (χ3n) is 5.31. The van der Waals surface area contributed by atoms with Gasteiger partial charge in [-0.2, -0.15) is 4.31 Å². The zero-order valence-electron chi connectivity index (χ0n) is 19.1. The van der Waals surface area contributed by atoms with E-state index in [4.69, 9.17) is 21.1 Å². The number of nitro groups is 1. The second kappa shape index (κ2) is 11.5. The second-order valence-corrected chi connectivity index (χ2v) is 10.1. The number of sulfonamides is 1. The molecule has 1 atom stereocenters. The maximum absolute atomic E-state index is 13.8. The zero-order chi connectivity index (χ0) is 26.5. The molecule has 1 aliphatic carbocycles. The Kier molecular flexibility index (Phi) is 8.64. The van der Waals surface area contributed by atoms with Gasteiger partial charge in [0.1, 0.15) is 17.7 Å². The first-order valence-corrected chi connectivity index (χ1v) is 12.7. The normalized spacial score (nSPS) is 15.5. The van der Waals surface area contributed by atoms with Crippen LogP contribution in [0.3, 0.4) is 0 Å². The largest absolute Gasteiger partial charge is 0.463 e. The van der Waals surface area contributed by atoms with Crippen LogP contribution in [0.5, 0.6) is 0 Å². The van der Waals surface area contributed by atoms with E-state index in [9.17, 15) is 32.5 Å². The summed E-state index contributed by atoms with van der Waals surface area (Å²) >= 11 is 6.10. The van der Waals surface area contributed by atoms with Gasteiger partial charge in [0.15, 0.2) is 0 Å². The first-order valence-electron chi connectivity index (χ1n) is 10.8. The summed E-state index contributed by atoms with van der Waals surface area (Å²) in [5.74, 6) is -1.58. The lowest BCUT2D eigenvalue weighted by molar-refractivity contribution is -0.384. The van der Waals surface area contributed by atoms with E-state index in [0.717, 1.165) is 18.2 Å². The number of nitrogens with zero attached hydrogens (tertiary/aromatic N) is 2. The Labute approximate surface area is 211 Å². The van der Waals surface area contributed by atoms with Crippen LogP contribution in [0.2, 0.25) is 5.02 Å². The minimum absolute atomic E-state index is 0.0216. The van der Waals surface area contributed by atoms with Crippen molar-refractivity contribution in [1.82, 2.24) is 0 Å². The van der Waals surface area contributed by atoms with Crippen LogP contribution >= 0.6 is 11.6 Å². The first-order chi connectivity index (χ1) is 17.1. The number of carbonyl (C=O) groups is 2. The summed E-state index contributed by atoms with van der Waals surface area (Å²) in [5, 5.41) is 9.02. The number of carbonyl (C=O) groups excluding carboxylic acids is 2. The van der Waals surface area contributed by atoms with Crippen LogP contribution in [0.1, 0.15) is 31.7 Å². The van der Waals surface area contributed by atoms with Crippen molar-refractivity contribution in [3.05, 3.63) is 80.6 Å². The molecule has 10 nitrogen and oxygen atoms in total. The lowest BCUT2D eigenvalue weighted by atomic mass is 9.99. The molecule has 0 bridgehead atoms. The molecule has 36 heavy (non-hydrogen) atoms. The number of allylic oxidation sites excluding steroid dienone is 1. The fourth-order valence-electron chi connectivity index (χ4n) is 3.62.